The molecular weight excluding hydrogens is 422 g/mol. The second-order valence-electron chi connectivity index (χ2n) is 5.81. The first-order valence-electron chi connectivity index (χ1n) is 8.09. The molecule has 1 saturated heterocycles. The smallest absolute Gasteiger partial charge is 0.255 e. The van der Waals surface area contributed by atoms with E-state index >= 15 is 0 Å². The van der Waals surface area contributed by atoms with Crippen LogP contribution in [0.3, 0.4) is 0 Å². The fraction of sp³-hybridized carbons (Fsp3) is 0.316. The maximum atomic E-state index is 13.0. The van der Waals surface area contributed by atoms with Crippen molar-refractivity contribution in [2.75, 3.05) is 26.0 Å². The van der Waals surface area contributed by atoms with Gasteiger partial charge >= 0.3 is 0 Å². The van der Waals surface area contributed by atoms with Gasteiger partial charge in [0.15, 0.2) is 0 Å². The Morgan fingerprint density at radius 2 is 2.08 bits per heavy atom. The van der Waals surface area contributed by atoms with E-state index in [0.717, 1.165) is 33.8 Å². The van der Waals surface area contributed by atoms with Gasteiger partial charge in [0.05, 0.1) is 12.7 Å². The van der Waals surface area contributed by atoms with Gasteiger partial charge in [-0.3, -0.25) is 4.79 Å². The van der Waals surface area contributed by atoms with Gasteiger partial charge in [0.25, 0.3) is 5.91 Å². The zero-order valence-electron chi connectivity index (χ0n) is 13.9. The molecule has 1 heterocycles. The summed E-state index contributed by atoms with van der Waals surface area (Å²) in [6, 6.07) is 13.5. The highest BCUT2D eigenvalue weighted by molar-refractivity contribution is 9.10. The second kappa shape index (κ2) is 8.47. The van der Waals surface area contributed by atoms with Crippen LogP contribution in [0.25, 0.3) is 0 Å². The summed E-state index contributed by atoms with van der Waals surface area (Å²) in [5.74, 6) is 1.61. The van der Waals surface area contributed by atoms with Crippen molar-refractivity contribution >= 4 is 45.2 Å². The van der Waals surface area contributed by atoms with Crippen molar-refractivity contribution in [1.82, 2.24) is 4.90 Å². The molecule has 0 aromatic heterocycles. The first-order chi connectivity index (χ1) is 12.1. The van der Waals surface area contributed by atoms with Gasteiger partial charge < -0.3 is 9.64 Å². The largest absolute Gasteiger partial charge is 0.497 e. The van der Waals surface area contributed by atoms with Crippen molar-refractivity contribution in [3.8, 4) is 5.75 Å². The number of thioether (sulfide) groups is 1. The number of halogens is 2. The SMILES string of the molecule is COc1ccc(Br)c(C(=O)N2CCSC(c3ccccc3Cl)CC2)c1. The Balaban J connectivity index is 1.75. The summed E-state index contributed by atoms with van der Waals surface area (Å²) < 4.78 is 6.04. The molecular formula is C19H19BrClNO2S. The Morgan fingerprint density at radius 1 is 1.28 bits per heavy atom. The van der Waals surface area contributed by atoms with Gasteiger partial charge in [0, 0.05) is 33.6 Å². The molecule has 1 unspecified atom stereocenters. The Kier molecular flexibility index (Phi) is 6.31. The molecule has 1 atom stereocenters. The molecule has 25 heavy (non-hydrogen) atoms. The number of nitrogens with zero attached hydrogens (tertiary/aromatic N) is 1. The molecule has 3 nitrogen and oxygen atoms in total. The predicted octanol–water partition coefficient (Wildman–Crippen LogP) is 5.43. The second-order valence-corrected chi connectivity index (χ2v) is 8.38. The monoisotopic (exact) mass is 439 g/mol. The lowest BCUT2D eigenvalue weighted by Gasteiger charge is -2.21. The van der Waals surface area contributed by atoms with Crippen molar-refractivity contribution in [3.63, 3.8) is 0 Å². The molecule has 3 rings (SSSR count). The number of rotatable bonds is 3. The van der Waals surface area contributed by atoms with Gasteiger partial charge in [0.1, 0.15) is 5.75 Å². The number of amides is 1. The Bertz CT molecular complexity index is 771. The summed E-state index contributed by atoms with van der Waals surface area (Å²) in [4.78, 5) is 14.9. The fourth-order valence-corrected chi connectivity index (χ4v) is 4.94. The average molecular weight is 441 g/mol. The summed E-state index contributed by atoms with van der Waals surface area (Å²) in [5.41, 5.74) is 1.80. The van der Waals surface area contributed by atoms with Crippen molar-refractivity contribution in [2.45, 2.75) is 11.7 Å². The molecule has 0 saturated carbocycles. The van der Waals surface area contributed by atoms with E-state index in [1.807, 2.05) is 47.0 Å². The van der Waals surface area contributed by atoms with E-state index in [9.17, 15) is 4.79 Å². The standard InChI is InChI=1S/C19H19BrClNO2S/c1-24-13-6-7-16(20)15(12-13)19(23)22-9-8-18(25-11-10-22)14-4-2-3-5-17(14)21/h2-7,12,18H,8-11H2,1H3. The Hall–Kier alpha value is -1.17. The van der Waals surface area contributed by atoms with Crippen LogP contribution in [0.2, 0.25) is 5.02 Å². The summed E-state index contributed by atoms with van der Waals surface area (Å²) in [6.45, 7) is 1.44. The summed E-state index contributed by atoms with van der Waals surface area (Å²) >= 11 is 11.7. The average Bonchev–Trinajstić information content (AvgIpc) is 2.88. The molecule has 0 N–H and O–H groups in total. The Labute approximate surface area is 165 Å². The minimum Gasteiger partial charge on any atom is -0.497 e. The zero-order chi connectivity index (χ0) is 17.8. The third kappa shape index (κ3) is 4.33. The van der Waals surface area contributed by atoms with Crippen LogP contribution < -0.4 is 4.74 Å². The summed E-state index contributed by atoms with van der Waals surface area (Å²) in [7, 11) is 1.61. The number of ether oxygens (including phenoxy) is 1. The van der Waals surface area contributed by atoms with E-state index in [4.69, 9.17) is 16.3 Å². The van der Waals surface area contributed by atoms with Gasteiger partial charge in [-0.05, 0) is 52.2 Å². The van der Waals surface area contributed by atoms with Gasteiger partial charge in [-0.1, -0.05) is 29.8 Å². The van der Waals surface area contributed by atoms with Gasteiger partial charge in [0.2, 0.25) is 0 Å². The molecule has 6 heteroatoms. The molecule has 132 valence electrons. The minimum absolute atomic E-state index is 0.0335. The normalized spacial score (nSPS) is 17.9. The van der Waals surface area contributed by atoms with Crippen LogP contribution in [0.4, 0.5) is 0 Å². The number of hydrogen-bond donors (Lipinski definition) is 0. The van der Waals surface area contributed by atoms with Crippen LogP contribution in [0, 0.1) is 0 Å². The maximum Gasteiger partial charge on any atom is 0.255 e. The molecule has 0 spiro atoms. The molecule has 1 amide bonds. The van der Waals surface area contributed by atoms with Crippen LogP contribution in [0.1, 0.15) is 27.6 Å². The van der Waals surface area contributed by atoms with E-state index in [1.165, 1.54) is 0 Å². The van der Waals surface area contributed by atoms with E-state index in [0.29, 0.717) is 23.1 Å². The van der Waals surface area contributed by atoms with E-state index in [-0.39, 0.29) is 5.91 Å². The molecule has 2 aromatic rings. The quantitative estimate of drug-likeness (QED) is 0.637. The topological polar surface area (TPSA) is 29.5 Å². The van der Waals surface area contributed by atoms with Crippen LogP contribution >= 0.6 is 39.3 Å². The molecule has 1 aliphatic heterocycles. The number of hydrogen-bond acceptors (Lipinski definition) is 3. The lowest BCUT2D eigenvalue weighted by Crippen LogP contribution is -2.33. The number of carbonyl (C=O) groups excluding carboxylic acids is 1. The zero-order valence-corrected chi connectivity index (χ0v) is 17.0. The molecule has 2 aromatic carbocycles. The predicted molar refractivity (Wildman–Crippen MR) is 108 cm³/mol. The van der Waals surface area contributed by atoms with Crippen LogP contribution in [0.15, 0.2) is 46.9 Å². The van der Waals surface area contributed by atoms with Crippen molar-refractivity contribution in [1.29, 1.82) is 0 Å². The van der Waals surface area contributed by atoms with Gasteiger partial charge in [-0.25, -0.2) is 0 Å². The lowest BCUT2D eigenvalue weighted by molar-refractivity contribution is 0.0765. The van der Waals surface area contributed by atoms with Crippen molar-refractivity contribution < 1.29 is 9.53 Å². The number of carbonyl (C=O) groups is 1. The highest BCUT2D eigenvalue weighted by Crippen LogP contribution is 2.38. The molecule has 1 fully saturated rings. The third-order valence-electron chi connectivity index (χ3n) is 4.28. The van der Waals surface area contributed by atoms with Crippen LogP contribution in [-0.2, 0) is 0 Å². The molecule has 0 bridgehead atoms. The Morgan fingerprint density at radius 3 is 2.84 bits per heavy atom. The molecule has 0 radical (unpaired) electrons. The molecule has 0 aliphatic carbocycles. The first-order valence-corrected chi connectivity index (χ1v) is 10.3. The summed E-state index contributed by atoms with van der Waals surface area (Å²) in [6.07, 6.45) is 0.891. The fourth-order valence-electron chi connectivity index (χ4n) is 2.92. The van der Waals surface area contributed by atoms with Crippen LogP contribution in [-0.4, -0.2) is 36.8 Å². The first kappa shape index (κ1) is 18.6. The van der Waals surface area contributed by atoms with Crippen LogP contribution in [0.5, 0.6) is 5.75 Å². The number of methoxy groups -OCH3 is 1. The highest BCUT2D eigenvalue weighted by atomic mass is 79.9. The minimum atomic E-state index is 0.0335. The van der Waals surface area contributed by atoms with E-state index in [2.05, 4.69) is 22.0 Å². The maximum absolute atomic E-state index is 13.0. The number of benzene rings is 2. The summed E-state index contributed by atoms with van der Waals surface area (Å²) in [5, 5.41) is 1.12. The van der Waals surface area contributed by atoms with E-state index in [1.54, 1.807) is 13.2 Å². The molecule has 1 aliphatic rings. The van der Waals surface area contributed by atoms with E-state index < -0.39 is 0 Å². The third-order valence-corrected chi connectivity index (χ3v) is 6.63. The van der Waals surface area contributed by atoms with Gasteiger partial charge in [-0.15, -0.1) is 0 Å². The highest BCUT2D eigenvalue weighted by Gasteiger charge is 2.25. The lowest BCUT2D eigenvalue weighted by atomic mass is 10.1. The van der Waals surface area contributed by atoms with Crippen molar-refractivity contribution in [2.24, 2.45) is 0 Å². The van der Waals surface area contributed by atoms with Crippen molar-refractivity contribution in [3.05, 3.63) is 63.1 Å². The van der Waals surface area contributed by atoms with Gasteiger partial charge in [-0.2, -0.15) is 11.8 Å².